The molecule has 106 valence electrons. The van der Waals surface area contributed by atoms with E-state index in [4.69, 9.17) is 11.6 Å². The zero-order chi connectivity index (χ0) is 14.4. The number of alkyl halides is 1. The van der Waals surface area contributed by atoms with Crippen LogP contribution in [0.2, 0.25) is 0 Å². The summed E-state index contributed by atoms with van der Waals surface area (Å²) in [5, 5.41) is 3.57. The van der Waals surface area contributed by atoms with Crippen LogP contribution in [0.1, 0.15) is 29.3 Å². The highest BCUT2D eigenvalue weighted by molar-refractivity contribution is 9.10. The summed E-state index contributed by atoms with van der Waals surface area (Å²) in [6.07, 6.45) is 2.35. The summed E-state index contributed by atoms with van der Waals surface area (Å²) < 4.78 is 2.45. The maximum Gasteiger partial charge on any atom is 0.0696 e. The molecule has 3 aromatic rings. The molecule has 4 rings (SSSR count). The summed E-state index contributed by atoms with van der Waals surface area (Å²) in [5.41, 5.74) is 2.78. The molecule has 21 heavy (non-hydrogen) atoms. The number of hydrogen-bond acceptors (Lipinski definition) is 1. The fourth-order valence-electron chi connectivity index (χ4n) is 3.13. The molecule has 1 unspecified atom stereocenters. The van der Waals surface area contributed by atoms with E-state index in [0.717, 1.165) is 4.47 Å². The van der Waals surface area contributed by atoms with Crippen LogP contribution in [0.4, 0.5) is 0 Å². The summed E-state index contributed by atoms with van der Waals surface area (Å²) in [5.74, 6) is 0. The van der Waals surface area contributed by atoms with Crippen LogP contribution in [0.3, 0.4) is 0 Å². The largest absolute Gasteiger partial charge is 0.142 e. The summed E-state index contributed by atoms with van der Waals surface area (Å²) >= 11 is 12.4. The molecule has 1 aliphatic carbocycles. The van der Waals surface area contributed by atoms with E-state index in [1.54, 1.807) is 11.3 Å². The molecule has 1 fully saturated rings. The first-order chi connectivity index (χ1) is 10.2. The quantitative estimate of drug-likeness (QED) is 0.447. The van der Waals surface area contributed by atoms with E-state index in [1.165, 1.54) is 34.1 Å². The van der Waals surface area contributed by atoms with Crippen LogP contribution < -0.4 is 0 Å². The number of fused-ring (bicyclic) bond motifs is 1. The van der Waals surface area contributed by atoms with Gasteiger partial charge >= 0.3 is 0 Å². The maximum atomic E-state index is 6.96. The van der Waals surface area contributed by atoms with Crippen molar-refractivity contribution >= 4 is 49.0 Å². The molecule has 0 radical (unpaired) electrons. The van der Waals surface area contributed by atoms with Gasteiger partial charge in [0.1, 0.15) is 0 Å². The van der Waals surface area contributed by atoms with Gasteiger partial charge in [0.2, 0.25) is 0 Å². The van der Waals surface area contributed by atoms with Crippen LogP contribution in [0.15, 0.2) is 58.4 Å². The van der Waals surface area contributed by atoms with Crippen molar-refractivity contribution in [2.24, 2.45) is 0 Å². The number of thiophene rings is 1. The van der Waals surface area contributed by atoms with Crippen LogP contribution >= 0.6 is 38.9 Å². The molecule has 0 amide bonds. The van der Waals surface area contributed by atoms with Gasteiger partial charge in [-0.25, -0.2) is 0 Å². The Kier molecular flexibility index (Phi) is 3.36. The van der Waals surface area contributed by atoms with Gasteiger partial charge in [-0.15, -0.1) is 22.9 Å². The molecule has 3 heteroatoms. The second-order valence-corrected chi connectivity index (χ2v) is 7.86. The van der Waals surface area contributed by atoms with Crippen molar-refractivity contribution in [2.45, 2.75) is 23.6 Å². The van der Waals surface area contributed by atoms with Crippen LogP contribution in [0, 0.1) is 0 Å². The van der Waals surface area contributed by atoms with E-state index in [0.29, 0.717) is 0 Å². The van der Waals surface area contributed by atoms with E-state index in [1.807, 2.05) is 0 Å². The van der Waals surface area contributed by atoms with E-state index < -0.39 is 0 Å². The van der Waals surface area contributed by atoms with E-state index >= 15 is 0 Å². The number of halogens is 2. The predicted octanol–water partition coefficient (Wildman–Crippen LogP) is 6.68. The Morgan fingerprint density at radius 1 is 1.05 bits per heavy atom. The topological polar surface area (TPSA) is 0 Å². The standard InChI is InChI=1S/C18H14BrClS/c19-15-8-4-7-13-14(11-21-16(13)15)17(20)18(9-10-18)12-5-2-1-3-6-12/h1-8,11,17H,9-10H2. The van der Waals surface area contributed by atoms with Crippen LogP contribution in [0.25, 0.3) is 10.1 Å². The zero-order valence-corrected chi connectivity index (χ0v) is 14.5. The lowest BCUT2D eigenvalue weighted by atomic mass is 9.88. The molecule has 1 heterocycles. The first-order valence-corrected chi connectivity index (χ1v) is 9.18. The molecular weight excluding hydrogens is 364 g/mol. The molecule has 0 spiro atoms. The van der Waals surface area contributed by atoms with Gasteiger partial charge in [-0.05, 0) is 56.7 Å². The molecular formula is C18H14BrClS. The van der Waals surface area contributed by atoms with Crippen molar-refractivity contribution in [3.05, 3.63) is 69.5 Å². The highest BCUT2D eigenvalue weighted by atomic mass is 79.9. The second kappa shape index (κ2) is 5.12. The van der Waals surface area contributed by atoms with Gasteiger partial charge in [-0.2, -0.15) is 0 Å². The second-order valence-electron chi connectivity index (χ2n) is 5.69. The van der Waals surface area contributed by atoms with Crippen molar-refractivity contribution in [1.82, 2.24) is 0 Å². The third-order valence-corrected chi connectivity index (χ3v) is 7.10. The monoisotopic (exact) mass is 376 g/mol. The van der Waals surface area contributed by atoms with Crippen LogP contribution in [-0.4, -0.2) is 0 Å². The summed E-state index contributed by atoms with van der Waals surface area (Å²) in [6, 6.07) is 17.1. The van der Waals surface area contributed by atoms with Gasteiger partial charge in [0.15, 0.2) is 0 Å². The molecule has 0 aliphatic heterocycles. The van der Waals surface area contributed by atoms with E-state index in [-0.39, 0.29) is 10.8 Å². The summed E-state index contributed by atoms with van der Waals surface area (Å²) in [7, 11) is 0. The van der Waals surface area contributed by atoms with E-state index in [9.17, 15) is 0 Å². The molecule has 0 N–H and O–H groups in total. The predicted molar refractivity (Wildman–Crippen MR) is 95.5 cm³/mol. The molecule has 0 saturated heterocycles. The Bertz CT molecular complexity index is 789. The lowest BCUT2D eigenvalue weighted by Crippen LogP contribution is -2.13. The third kappa shape index (κ3) is 2.16. The molecule has 1 saturated carbocycles. The van der Waals surface area contributed by atoms with Gasteiger partial charge in [-0.3, -0.25) is 0 Å². The Balaban J connectivity index is 1.81. The summed E-state index contributed by atoms with van der Waals surface area (Å²) in [6.45, 7) is 0. The van der Waals surface area contributed by atoms with Gasteiger partial charge in [0.25, 0.3) is 0 Å². The van der Waals surface area contributed by atoms with Gasteiger partial charge < -0.3 is 0 Å². The van der Waals surface area contributed by atoms with Crippen molar-refractivity contribution < 1.29 is 0 Å². The highest BCUT2D eigenvalue weighted by Crippen LogP contribution is 2.60. The van der Waals surface area contributed by atoms with Gasteiger partial charge in [0.05, 0.1) is 5.38 Å². The van der Waals surface area contributed by atoms with Crippen LogP contribution in [0.5, 0.6) is 0 Å². The Morgan fingerprint density at radius 2 is 1.81 bits per heavy atom. The van der Waals surface area contributed by atoms with Gasteiger partial charge in [-0.1, -0.05) is 42.5 Å². The van der Waals surface area contributed by atoms with Crippen molar-refractivity contribution in [1.29, 1.82) is 0 Å². The lowest BCUT2D eigenvalue weighted by molar-refractivity contribution is 0.667. The average Bonchev–Trinajstić information content (AvgIpc) is 3.22. The Morgan fingerprint density at radius 3 is 2.52 bits per heavy atom. The fourth-order valence-corrected chi connectivity index (χ4v) is 5.38. The molecule has 2 aromatic carbocycles. The first kappa shape index (κ1) is 13.8. The number of rotatable bonds is 3. The lowest BCUT2D eigenvalue weighted by Gasteiger charge is -2.22. The minimum Gasteiger partial charge on any atom is -0.142 e. The summed E-state index contributed by atoms with van der Waals surface area (Å²) in [4.78, 5) is 0. The first-order valence-electron chi connectivity index (χ1n) is 7.07. The number of benzene rings is 2. The SMILES string of the molecule is ClC(c1csc2c(Br)cccc12)C1(c2ccccc2)CC1. The minimum atomic E-state index is 0.0444. The minimum absolute atomic E-state index is 0.0444. The maximum absolute atomic E-state index is 6.96. The molecule has 1 aromatic heterocycles. The van der Waals surface area contributed by atoms with Crippen molar-refractivity contribution in [3.63, 3.8) is 0 Å². The zero-order valence-electron chi connectivity index (χ0n) is 11.4. The molecule has 0 bridgehead atoms. The van der Waals surface area contributed by atoms with Crippen molar-refractivity contribution in [2.75, 3.05) is 0 Å². The Hall–Kier alpha value is -0.830. The number of hydrogen-bond donors (Lipinski definition) is 0. The fraction of sp³-hybridized carbons (Fsp3) is 0.222. The third-order valence-electron chi connectivity index (χ3n) is 4.48. The molecule has 1 aliphatic rings. The smallest absolute Gasteiger partial charge is 0.0696 e. The highest BCUT2D eigenvalue weighted by Gasteiger charge is 2.51. The van der Waals surface area contributed by atoms with Crippen LogP contribution in [-0.2, 0) is 5.41 Å². The molecule has 0 nitrogen and oxygen atoms in total. The van der Waals surface area contributed by atoms with E-state index in [2.05, 4.69) is 69.8 Å². The molecule has 1 atom stereocenters. The van der Waals surface area contributed by atoms with Gasteiger partial charge in [0, 0.05) is 14.6 Å². The Labute approximate surface area is 141 Å². The normalized spacial score (nSPS) is 17.8. The van der Waals surface area contributed by atoms with Crippen molar-refractivity contribution in [3.8, 4) is 0 Å². The average molecular weight is 378 g/mol.